The van der Waals surface area contributed by atoms with Gasteiger partial charge >= 0.3 is 0 Å². The molecule has 82 valence electrons. The summed E-state index contributed by atoms with van der Waals surface area (Å²) in [6, 6.07) is 5.78. The van der Waals surface area contributed by atoms with Gasteiger partial charge in [0.2, 0.25) is 0 Å². The fraction of sp³-hybridized carbons (Fsp3) is 0. The molecule has 0 atom stereocenters. The Morgan fingerprint density at radius 3 is 2.69 bits per heavy atom. The van der Waals surface area contributed by atoms with Crippen molar-refractivity contribution in [3.63, 3.8) is 0 Å². The van der Waals surface area contributed by atoms with Crippen LogP contribution in [0.5, 0.6) is 11.5 Å². The van der Waals surface area contributed by atoms with E-state index < -0.39 is 5.82 Å². The molecule has 16 heavy (non-hydrogen) atoms. The van der Waals surface area contributed by atoms with E-state index in [0.29, 0.717) is 17.2 Å². The molecule has 0 saturated carbocycles. The molecular formula is C11H8ClFN2O. The van der Waals surface area contributed by atoms with Crippen LogP contribution < -0.4 is 10.5 Å². The molecule has 0 radical (unpaired) electrons. The standard InChI is InChI=1S/C11H8ClFN2O/c12-10-2-1-8(4-11(10)13)16-9-3-7(14)5-15-6-9/h1-6H,14H2. The summed E-state index contributed by atoms with van der Waals surface area (Å²) < 4.78 is 18.5. The number of hydrogen-bond acceptors (Lipinski definition) is 3. The molecule has 0 unspecified atom stereocenters. The molecule has 0 saturated heterocycles. The largest absolute Gasteiger partial charge is 0.456 e. The molecule has 3 nitrogen and oxygen atoms in total. The molecule has 0 aliphatic carbocycles. The van der Waals surface area contributed by atoms with Gasteiger partial charge in [0.25, 0.3) is 0 Å². The van der Waals surface area contributed by atoms with Crippen LogP contribution in [0.25, 0.3) is 0 Å². The summed E-state index contributed by atoms with van der Waals surface area (Å²) in [4.78, 5) is 3.85. The number of aromatic nitrogens is 1. The average Bonchev–Trinajstić information content (AvgIpc) is 2.24. The van der Waals surface area contributed by atoms with Crippen molar-refractivity contribution in [2.24, 2.45) is 0 Å². The molecule has 2 rings (SSSR count). The maximum atomic E-state index is 13.1. The number of nitrogens with zero attached hydrogens (tertiary/aromatic N) is 1. The molecule has 1 aromatic carbocycles. The average molecular weight is 239 g/mol. The molecule has 2 aromatic rings. The van der Waals surface area contributed by atoms with Crippen molar-refractivity contribution in [1.82, 2.24) is 4.98 Å². The van der Waals surface area contributed by atoms with E-state index in [1.165, 1.54) is 24.5 Å². The van der Waals surface area contributed by atoms with Crippen LogP contribution in [0.3, 0.4) is 0 Å². The quantitative estimate of drug-likeness (QED) is 0.874. The van der Waals surface area contributed by atoms with Gasteiger partial charge in [0, 0.05) is 12.1 Å². The number of pyridine rings is 1. The van der Waals surface area contributed by atoms with Crippen molar-refractivity contribution in [2.45, 2.75) is 0 Å². The van der Waals surface area contributed by atoms with Crippen molar-refractivity contribution < 1.29 is 9.13 Å². The highest BCUT2D eigenvalue weighted by molar-refractivity contribution is 6.30. The van der Waals surface area contributed by atoms with E-state index in [-0.39, 0.29) is 5.02 Å². The summed E-state index contributed by atoms with van der Waals surface area (Å²) in [6.07, 6.45) is 2.98. The highest BCUT2D eigenvalue weighted by Crippen LogP contribution is 2.25. The van der Waals surface area contributed by atoms with Gasteiger partial charge < -0.3 is 10.5 Å². The lowest BCUT2D eigenvalue weighted by Crippen LogP contribution is -1.90. The molecule has 5 heteroatoms. The fourth-order valence-electron chi connectivity index (χ4n) is 1.17. The number of anilines is 1. The number of ether oxygens (including phenoxy) is 1. The van der Waals surface area contributed by atoms with Gasteiger partial charge in [-0.1, -0.05) is 11.6 Å². The fourth-order valence-corrected chi connectivity index (χ4v) is 1.29. The Kier molecular flexibility index (Phi) is 2.92. The number of nitrogen functional groups attached to an aromatic ring is 1. The van der Waals surface area contributed by atoms with Gasteiger partial charge in [-0.15, -0.1) is 0 Å². The minimum atomic E-state index is -0.531. The minimum absolute atomic E-state index is 0.0538. The summed E-state index contributed by atoms with van der Waals surface area (Å²) >= 11 is 5.55. The summed E-state index contributed by atoms with van der Waals surface area (Å²) in [5.74, 6) is 0.257. The van der Waals surface area contributed by atoms with Crippen LogP contribution in [-0.4, -0.2) is 4.98 Å². The van der Waals surface area contributed by atoms with Crippen LogP contribution in [0, 0.1) is 5.82 Å². The van der Waals surface area contributed by atoms with E-state index in [9.17, 15) is 4.39 Å². The lowest BCUT2D eigenvalue weighted by atomic mass is 10.3. The van der Waals surface area contributed by atoms with Crippen LogP contribution in [0.4, 0.5) is 10.1 Å². The molecular weight excluding hydrogens is 231 g/mol. The van der Waals surface area contributed by atoms with E-state index in [1.54, 1.807) is 12.1 Å². The second-order valence-electron chi connectivity index (χ2n) is 3.13. The predicted molar refractivity (Wildman–Crippen MR) is 60.1 cm³/mol. The third-order valence-corrected chi connectivity index (χ3v) is 2.17. The van der Waals surface area contributed by atoms with E-state index in [2.05, 4.69) is 4.98 Å². The Labute approximate surface area is 96.6 Å². The zero-order valence-electron chi connectivity index (χ0n) is 8.15. The second-order valence-corrected chi connectivity index (χ2v) is 3.54. The van der Waals surface area contributed by atoms with Crippen LogP contribution in [-0.2, 0) is 0 Å². The third-order valence-electron chi connectivity index (χ3n) is 1.86. The molecule has 1 aromatic heterocycles. The van der Waals surface area contributed by atoms with Gasteiger partial charge in [0.15, 0.2) is 0 Å². The summed E-state index contributed by atoms with van der Waals surface area (Å²) in [6.45, 7) is 0. The Bertz CT molecular complexity index is 519. The van der Waals surface area contributed by atoms with Gasteiger partial charge in [0.05, 0.1) is 23.1 Å². The second kappa shape index (κ2) is 4.37. The summed E-state index contributed by atoms with van der Waals surface area (Å²) in [5, 5.41) is 0.0538. The highest BCUT2D eigenvalue weighted by atomic mass is 35.5. The number of halogens is 2. The first-order valence-corrected chi connectivity index (χ1v) is 4.86. The molecule has 0 spiro atoms. The van der Waals surface area contributed by atoms with Crippen LogP contribution in [0.2, 0.25) is 5.02 Å². The molecule has 0 aliphatic rings. The van der Waals surface area contributed by atoms with Gasteiger partial charge in [0.1, 0.15) is 17.3 Å². The van der Waals surface area contributed by atoms with Gasteiger partial charge in [-0.05, 0) is 12.1 Å². The monoisotopic (exact) mass is 238 g/mol. The molecule has 0 fully saturated rings. The first-order chi connectivity index (χ1) is 7.65. The van der Waals surface area contributed by atoms with Crippen molar-refractivity contribution in [1.29, 1.82) is 0 Å². The Hall–Kier alpha value is -1.81. The smallest absolute Gasteiger partial charge is 0.147 e. The van der Waals surface area contributed by atoms with E-state index >= 15 is 0 Å². The lowest BCUT2D eigenvalue weighted by Gasteiger charge is -2.06. The number of hydrogen-bond donors (Lipinski definition) is 1. The zero-order chi connectivity index (χ0) is 11.5. The topological polar surface area (TPSA) is 48.1 Å². The maximum Gasteiger partial charge on any atom is 0.147 e. The number of nitrogens with two attached hydrogens (primary N) is 1. The van der Waals surface area contributed by atoms with Crippen molar-refractivity contribution >= 4 is 17.3 Å². The van der Waals surface area contributed by atoms with E-state index in [4.69, 9.17) is 22.1 Å². The molecule has 1 heterocycles. The normalized spacial score (nSPS) is 10.1. The highest BCUT2D eigenvalue weighted by Gasteiger charge is 2.03. The van der Waals surface area contributed by atoms with Gasteiger partial charge in [-0.25, -0.2) is 4.39 Å². The van der Waals surface area contributed by atoms with E-state index in [1.807, 2.05) is 0 Å². The predicted octanol–water partition coefficient (Wildman–Crippen LogP) is 3.25. The first-order valence-electron chi connectivity index (χ1n) is 4.48. The zero-order valence-corrected chi connectivity index (χ0v) is 8.91. The van der Waals surface area contributed by atoms with Crippen molar-refractivity contribution in [2.75, 3.05) is 5.73 Å². The van der Waals surface area contributed by atoms with Crippen LogP contribution in [0.15, 0.2) is 36.7 Å². The number of rotatable bonds is 2. The van der Waals surface area contributed by atoms with E-state index in [0.717, 1.165) is 0 Å². The van der Waals surface area contributed by atoms with Gasteiger partial charge in [-0.3, -0.25) is 4.98 Å². The molecule has 0 bridgehead atoms. The maximum absolute atomic E-state index is 13.1. The minimum Gasteiger partial charge on any atom is -0.456 e. The first kappa shape index (κ1) is 10.7. The van der Waals surface area contributed by atoms with Gasteiger partial charge in [-0.2, -0.15) is 0 Å². The molecule has 2 N–H and O–H groups in total. The van der Waals surface area contributed by atoms with Crippen LogP contribution in [0.1, 0.15) is 0 Å². The third kappa shape index (κ3) is 2.41. The van der Waals surface area contributed by atoms with Crippen molar-refractivity contribution in [3.05, 3.63) is 47.5 Å². The summed E-state index contributed by atoms with van der Waals surface area (Å²) in [5.41, 5.74) is 6.01. The Morgan fingerprint density at radius 1 is 1.19 bits per heavy atom. The number of benzene rings is 1. The van der Waals surface area contributed by atoms with Crippen LogP contribution >= 0.6 is 11.6 Å². The molecule has 0 amide bonds. The Morgan fingerprint density at radius 2 is 2.00 bits per heavy atom. The van der Waals surface area contributed by atoms with Crippen molar-refractivity contribution in [3.8, 4) is 11.5 Å². The molecule has 0 aliphatic heterocycles. The Balaban J connectivity index is 2.24. The lowest BCUT2D eigenvalue weighted by molar-refractivity contribution is 0.475. The summed E-state index contributed by atoms with van der Waals surface area (Å²) in [7, 11) is 0. The SMILES string of the molecule is Nc1cncc(Oc2ccc(Cl)c(F)c2)c1.